The van der Waals surface area contributed by atoms with Gasteiger partial charge in [-0.1, -0.05) is 19.1 Å². The summed E-state index contributed by atoms with van der Waals surface area (Å²) in [5.74, 6) is -0.0983. The molecule has 3 rings (SSSR count). The van der Waals surface area contributed by atoms with Gasteiger partial charge in [0.15, 0.2) is 0 Å². The predicted octanol–water partition coefficient (Wildman–Crippen LogP) is 3.67. The van der Waals surface area contributed by atoms with Gasteiger partial charge in [-0.2, -0.15) is 0 Å². The van der Waals surface area contributed by atoms with E-state index in [0.29, 0.717) is 13.0 Å². The Morgan fingerprint density at radius 2 is 1.67 bits per heavy atom. The van der Waals surface area contributed by atoms with Crippen LogP contribution in [0.5, 0.6) is 0 Å². The third kappa shape index (κ3) is 5.72. The number of anilines is 2. The Bertz CT molecular complexity index is 799. The first-order chi connectivity index (χ1) is 14.5. The van der Waals surface area contributed by atoms with Gasteiger partial charge in [-0.15, -0.1) is 0 Å². The Labute approximate surface area is 179 Å². The molecule has 1 aliphatic rings. The summed E-state index contributed by atoms with van der Waals surface area (Å²) < 4.78 is 13.2. The highest BCUT2D eigenvalue weighted by molar-refractivity contribution is 5.75. The van der Waals surface area contributed by atoms with E-state index in [1.165, 1.54) is 17.7 Å². The molecular formula is C24H33FN4O. The van der Waals surface area contributed by atoms with Gasteiger partial charge in [0.1, 0.15) is 5.82 Å². The molecule has 6 heteroatoms. The van der Waals surface area contributed by atoms with Gasteiger partial charge < -0.3 is 15.1 Å². The summed E-state index contributed by atoms with van der Waals surface area (Å²) in [5, 5.41) is 3.12. The second-order valence-corrected chi connectivity index (χ2v) is 8.06. The van der Waals surface area contributed by atoms with Gasteiger partial charge in [0.25, 0.3) is 0 Å². The molecule has 2 aromatic carbocycles. The van der Waals surface area contributed by atoms with E-state index in [4.69, 9.17) is 0 Å². The van der Waals surface area contributed by atoms with Crippen molar-refractivity contribution in [3.05, 3.63) is 59.9 Å². The zero-order valence-electron chi connectivity index (χ0n) is 18.3. The van der Waals surface area contributed by atoms with Crippen LogP contribution < -0.4 is 15.1 Å². The number of piperazine rings is 1. The highest BCUT2D eigenvalue weighted by Crippen LogP contribution is 2.26. The minimum atomic E-state index is -0.207. The van der Waals surface area contributed by atoms with E-state index in [-0.39, 0.29) is 17.8 Å². The maximum absolute atomic E-state index is 13.2. The molecule has 1 heterocycles. The summed E-state index contributed by atoms with van der Waals surface area (Å²) in [5.41, 5.74) is 3.43. The fraction of sp³-hybridized carbons (Fsp3) is 0.458. The first-order valence-corrected chi connectivity index (χ1v) is 10.8. The van der Waals surface area contributed by atoms with Gasteiger partial charge in [0.05, 0.1) is 6.04 Å². The Balaban J connectivity index is 1.70. The van der Waals surface area contributed by atoms with E-state index in [0.717, 1.165) is 44.0 Å². The summed E-state index contributed by atoms with van der Waals surface area (Å²) in [6.07, 6.45) is 1.41. The fourth-order valence-corrected chi connectivity index (χ4v) is 3.92. The second-order valence-electron chi connectivity index (χ2n) is 8.06. The van der Waals surface area contributed by atoms with Gasteiger partial charge in [0, 0.05) is 64.6 Å². The van der Waals surface area contributed by atoms with E-state index < -0.39 is 0 Å². The van der Waals surface area contributed by atoms with Crippen LogP contribution in [0.3, 0.4) is 0 Å². The maximum atomic E-state index is 13.2. The number of halogens is 1. The molecule has 0 spiro atoms. The molecule has 2 aromatic rings. The molecule has 30 heavy (non-hydrogen) atoms. The van der Waals surface area contributed by atoms with E-state index >= 15 is 0 Å². The lowest BCUT2D eigenvalue weighted by Crippen LogP contribution is -2.50. The van der Waals surface area contributed by atoms with Crippen LogP contribution in [-0.2, 0) is 4.79 Å². The predicted molar refractivity (Wildman–Crippen MR) is 122 cm³/mol. The molecule has 1 fully saturated rings. The van der Waals surface area contributed by atoms with Crippen molar-refractivity contribution in [3.8, 4) is 0 Å². The molecule has 5 nitrogen and oxygen atoms in total. The van der Waals surface area contributed by atoms with Crippen LogP contribution in [0.1, 0.15) is 31.4 Å². The molecule has 0 saturated carbocycles. The van der Waals surface area contributed by atoms with Crippen LogP contribution in [0.2, 0.25) is 0 Å². The Kier molecular flexibility index (Phi) is 7.69. The Morgan fingerprint density at radius 3 is 2.23 bits per heavy atom. The topological polar surface area (TPSA) is 38.8 Å². The molecular weight excluding hydrogens is 379 g/mol. The number of carbonyl (C=O) groups is 1. The van der Waals surface area contributed by atoms with E-state index in [2.05, 4.69) is 44.3 Å². The quantitative estimate of drug-likeness (QED) is 0.718. The molecule has 0 bridgehead atoms. The lowest BCUT2D eigenvalue weighted by atomic mass is 10.0. The third-order valence-corrected chi connectivity index (χ3v) is 5.71. The number of carbonyl (C=O) groups excluding carboxylic acids is 1. The zero-order valence-corrected chi connectivity index (χ0v) is 18.3. The molecule has 0 unspecified atom stereocenters. The lowest BCUT2D eigenvalue weighted by molar-refractivity contribution is -0.121. The molecule has 1 amide bonds. The highest BCUT2D eigenvalue weighted by atomic mass is 19.1. The van der Waals surface area contributed by atoms with Crippen LogP contribution in [0.25, 0.3) is 0 Å². The molecule has 0 aliphatic carbocycles. The van der Waals surface area contributed by atoms with Crippen LogP contribution in [-0.4, -0.2) is 57.6 Å². The van der Waals surface area contributed by atoms with Crippen molar-refractivity contribution in [2.45, 2.75) is 25.8 Å². The summed E-state index contributed by atoms with van der Waals surface area (Å²) in [4.78, 5) is 18.9. The lowest BCUT2D eigenvalue weighted by Gasteiger charge is -2.40. The summed E-state index contributed by atoms with van der Waals surface area (Å²) in [6, 6.07) is 15.4. The van der Waals surface area contributed by atoms with Gasteiger partial charge in [-0.05, 0) is 48.4 Å². The van der Waals surface area contributed by atoms with Gasteiger partial charge in [0.2, 0.25) is 5.91 Å². The standard InChI is InChI=1S/C24H33FN4O/c1-4-5-24(30)26-18-23(19-6-10-21(11-7-19)27(2)3)29-16-14-28(15-17-29)22-12-8-20(25)9-13-22/h6-13,23H,4-5,14-18H2,1-3H3,(H,26,30)/t23-/m0/s1. The number of amides is 1. The third-order valence-electron chi connectivity index (χ3n) is 5.71. The monoisotopic (exact) mass is 412 g/mol. The first-order valence-electron chi connectivity index (χ1n) is 10.8. The smallest absolute Gasteiger partial charge is 0.220 e. The van der Waals surface area contributed by atoms with Gasteiger partial charge >= 0.3 is 0 Å². The average molecular weight is 413 g/mol. The minimum Gasteiger partial charge on any atom is -0.378 e. The van der Waals surface area contributed by atoms with Gasteiger partial charge in [-0.25, -0.2) is 4.39 Å². The maximum Gasteiger partial charge on any atom is 0.220 e. The van der Waals surface area contributed by atoms with E-state index in [1.54, 1.807) is 0 Å². The number of hydrogen-bond acceptors (Lipinski definition) is 4. The fourth-order valence-electron chi connectivity index (χ4n) is 3.92. The highest BCUT2D eigenvalue weighted by Gasteiger charge is 2.25. The van der Waals surface area contributed by atoms with E-state index in [9.17, 15) is 9.18 Å². The van der Waals surface area contributed by atoms with Crippen molar-refractivity contribution in [2.24, 2.45) is 0 Å². The van der Waals surface area contributed by atoms with Crippen LogP contribution >= 0.6 is 0 Å². The van der Waals surface area contributed by atoms with Crippen LogP contribution in [0.4, 0.5) is 15.8 Å². The second kappa shape index (κ2) is 10.4. The number of hydrogen-bond donors (Lipinski definition) is 1. The zero-order chi connectivity index (χ0) is 21.5. The molecule has 1 atom stereocenters. The SMILES string of the molecule is CCCC(=O)NC[C@@H](c1ccc(N(C)C)cc1)N1CCN(c2ccc(F)cc2)CC1. The molecule has 1 saturated heterocycles. The minimum absolute atomic E-state index is 0.109. The normalized spacial score (nSPS) is 15.7. The van der Waals surface area contributed by atoms with Crippen molar-refractivity contribution in [3.63, 3.8) is 0 Å². The van der Waals surface area contributed by atoms with E-state index in [1.807, 2.05) is 33.2 Å². The molecule has 0 aromatic heterocycles. The number of benzene rings is 2. The van der Waals surface area contributed by atoms with Crippen LogP contribution in [0.15, 0.2) is 48.5 Å². The van der Waals surface area contributed by atoms with Crippen molar-refractivity contribution in [1.29, 1.82) is 0 Å². The van der Waals surface area contributed by atoms with Crippen molar-refractivity contribution >= 4 is 17.3 Å². The van der Waals surface area contributed by atoms with Gasteiger partial charge in [-0.3, -0.25) is 9.69 Å². The van der Waals surface area contributed by atoms with Crippen molar-refractivity contribution in [1.82, 2.24) is 10.2 Å². The molecule has 162 valence electrons. The number of nitrogens with one attached hydrogen (secondary N) is 1. The Hall–Kier alpha value is -2.60. The molecule has 1 N–H and O–H groups in total. The summed E-state index contributed by atoms with van der Waals surface area (Å²) in [7, 11) is 4.07. The largest absolute Gasteiger partial charge is 0.378 e. The number of nitrogens with zero attached hydrogens (tertiary/aromatic N) is 3. The van der Waals surface area contributed by atoms with Crippen molar-refractivity contribution < 1.29 is 9.18 Å². The first kappa shape index (κ1) is 22.1. The molecule has 1 aliphatic heterocycles. The summed E-state index contributed by atoms with van der Waals surface area (Å²) in [6.45, 7) is 6.16. The van der Waals surface area contributed by atoms with Crippen LogP contribution in [0, 0.1) is 5.82 Å². The Morgan fingerprint density at radius 1 is 1.03 bits per heavy atom. The summed E-state index contributed by atoms with van der Waals surface area (Å²) >= 11 is 0. The average Bonchev–Trinajstić information content (AvgIpc) is 2.75. The van der Waals surface area contributed by atoms with Crippen molar-refractivity contribution in [2.75, 3.05) is 56.6 Å². The number of rotatable bonds is 8. The molecule has 0 radical (unpaired) electrons.